The zero-order valence-electron chi connectivity index (χ0n) is 20.2. The molecule has 1 saturated carbocycles. The summed E-state index contributed by atoms with van der Waals surface area (Å²) in [6, 6.07) is 16.3. The number of carbonyl (C=O) groups is 3. The van der Waals surface area contributed by atoms with Crippen LogP contribution in [0.1, 0.15) is 68.9 Å². The van der Waals surface area contributed by atoms with Crippen molar-refractivity contribution in [3.8, 4) is 11.1 Å². The minimum Gasteiger partial charge on any atom is -0.480 e. The standard InChI is InChI=1S/C28H34N2O5/c1-2-19(25(31)30-28(26(32)33)15-9-3-4-10-16-28)17-29-27(34)35-18-24-22-13-7-5-11-20(22)21-12-6-8-14-23(21)24/h5-8,11-14,19,24H,2-4,9-10,15-18H2,1H3,(H,29,34)(H,30,31)(H,32,33). The second-order valence-corrected chi connectivity index (χ2v) is 9.60. The molecule has 2 aromatic carbocycles. The molecule has 0 aliphatic heterocycles. The minimum absolute atomic E-state index is 0.0379. The highest BCUT2D eigenvalue weighted by molar-refractivity contribution is 5.88. The number of aliphatic carboxylic acids is 1. The molecule has 2 aliphatic carbocycles. The van der Waals surface area contributed by atoms with Gasteiger partial charge < -0.3 is 20.5 Å². The Bertz CT molecular complexity index is 1030. The van der Waals surface area contributed by atoms with Crippen LogP contribution in [0.2, 0.25) is 0 Å². The van der Waals surface area contributed by atoms with Gasteiger partial charge in [-0.1, -0.05) is 81.1 Å². The van der Waals surface area contributed by atoms with Gasteiger partial charge in [0.2, 0.25) is 5.91 Å². The third kappa shape index (κ3) is 5.34. The molecule has 1 fully saturated rings. The van der Waals surface area contributed by atoms with Gasteiger partial charge in [-0.3, -0.25) is 4.79 Å². The predicted molar refractivity (Wildman–Crippen MR) is 133 cm³/mol. The van der Waals surface area contributed by atoms with E-state index in [1.807, 2.05) is 31.2 Å². The summed E-state index contributed by atoms with van der Waals surface area (Å²) in [4.78, 5) is 37.5. The zero-order chi connectivity index (χ0) is 24.8. The lowest BCUT2D eigenvalue weighted by Crippen LogP contribution is -2.56. The van der Waals surface area contributed by atoms with Gasteiger partial charge in [0.25, 0.3) is 0 Å². The predicted octanol–water partition coefficient (Wildman–Crippen LogP) is 4.85. The van der Waals surface area contributed by atoms with E-state index in [9.17, 15) is 19.5 Å². The summed E-state index contributed by atoms with van der Waals surface area (Å²) in [5, 5.41) is 15.4. The van der Waals surface area contributed by atoms with Crippen molar-refractivity contribution in [3.63, 3.8) is 0 Å². The molecular weight excluding hydrogens is 444 g/mol. The maximum absolute atomic E-state index is 13.0. The van der Waals surface area contributed by atoms with Crippen LogP contribution in [-0.2, 0) is 14.3 Å². The number of carboxylic acid groups (broad SMARTS) is 1. The lowest BCUT2D eigenvalue weighted by atomic mass is 9.89. The van der Waals surface area contributed by atoms with Gasteiger partial charge in [-0.05, 0) is 41.5 Å². The Morgan fingerprint density at radius 3 is 2.09 bits per heavy atom. The molecule has 4 rings (SSSR count). The second-order valence-electron chi connectivity index (χ2n) is 9.60. The summed E-state index contributed by atoms with van der Waals surface area (Å²) in [6.07, 6.45) is 4.28. The summed E-state index contributed by atoms with van der Waals surface area (Å²) in [5.74, 6) is -1.89. The van der Waals surface area contributed by atoms with E-state index in [2.05, 4.69) is 34.9 Å². The Labute approximate surface area is 206 Å². The molecule has 0 aromatic heterocycles. The smallest absolute Gasteiger partial charge is 0.407 e. The Hall–Kier alpha value is -3.35. The lowest BCUT2D eigenvalue weighted by molar-refractivity contribution is -0.149. The van der Waals surface area contributed by atoms with Crippen molar-refractivity contribution in [3.05, 3.63) is 59.7 Å². The number of fused-ring (bicyclic) bond motifs is 3. The average Bonchev–Trinajstić information content (AvgIpc) is 2.99. The van der Waals surface area contributed by atoms with Crippen molar-refractivity contribution >= 4 is 18.0 Å². The molecule has 186 valence electrons. The van der Waals surface area contributed by atoms with E-state index in [-0.39, 0.29) is 25.0 Å². The number of hydrogen-bond donors (Lipinski definition) is 3. The van der Waals surface area contributed by atoms with Gasteiger partial charge >= 0.3 is 12.1 Å². The molecule has 7 heteroatoms. The summed E-state index contributed by atoms with van der Waals surface area (Å²) < 4.78 is 5.56. The molecule has 2 amide bonds. The van der Waals surface area contributed by atoms with Crippen LogP contribution >= 0.6 is 0 Å². The van der Waals surface area contributed by atoms with Gasteiger partial charge in [-0.25, -0.2) is 9.59 Å². The Morgan fingerprint density at radius 2 is 1.54 bits per heavy atom. The number of alkyl carbamates (subject to hydrolysis) is 1. The van der Waals surface area contributed by atoms with Crippen molar-refractivity contribution in [2.75, 3.05) is 13.2 Å². The van der Waals surface area contributed by atoms with Gasteiger partial charge in [-0.2, -0.15) is 0 Å². The van der Waals surface area contributed by atoms with Crippen LogP contribution in [0.4, 0.5) is 4.79 Å². The van der Waals surface area contributed by atoms with Crippen molar-refractivity contribution in [2.45, 2.75) is 63.3 Å². The monoisotopic (exact) mass is 478 g/mol. The third-order valence-electron chi connectivity index (χ3n) is 7.43. The number of carboxylic acids is 1. The molecule has 35 heavy (non-hydrogen) atoms. The van der Waals surface area contributed by atoms with Crippen LogP contribution in [0, 0.1) is 5.92 Å². The number of amides is 2. The van der Waals surface area contributed by atoms with Gasteiger partial charge in [0.1, 0.15) is 12.1 Å². The maximum Gasteiger partial charge on any atom is 0.407 e. The van der Waals surface area contributed by atoms with Gasteiger partial charge in [0.05, 0.1) is 5.92 Å². The first kappa shape index (κ1) is 24.8. The van der Waals surface area contributed by atoms with E-state index in [0.717, 1.165) is 47.9 Å². The summed E-state index contributed by atoms with van der Waals surface area (Å²) >= 11 is 0. The number of benzene rings is 2. The van der Waals surface area contributed by atoms with Crippen molar-refractivity contribution in [1.29, 1.82) is 0 Å². The van der Waals surface area contributed by atoms with Crippen molar-refractivity contribution < 1.29 is 24.2 Å². The minimum atomic E-state index is -1.22. The molecule has 1 atom stereocenters. The number of carbonyl (C=O) groups excluding carboxylic acids is 2. The molecule has 7 nitrogen and oxygen atoms in total. The highest BCUT2D eigenvalue weighted by atomic mass is 16.5. The van der Waals surface area contributed by atoms with Crippen LogP contribution in [0.25, 0.3) is 11.1 Å². The van der Waals surface area contributed by atoms with Crippen molar-refractivity contribution in [1.82, 2.24) is 10.6 Å². The zero-order valence-corrected chi connectivity index (χ0v) is 20.2. The highest BCUT2D eigenvalue weighted by Gasteiger charge is 2.41. The number of nitrogens with one attached hydrogen (secondary N) is 2. The number of rotatable bonds is 8. The highest BCUT2D eigenvalue weighted by Crippen LogP contribution is 2.44. The fourth-order valence-electron chi connectivity index (χ4n) is 5.34. The van der Waals surface area contributed by atoms with E-state index >= 15 is 0 Å². The molecule has 0 radical (unpaired) electrons. The van der Waals surface area contributed by atoms with Crippen LogP contribution < -0.4 is 10.6 Å². The average molecular weight is 479 g/mol. The molecule has 3 N–H and O–H groups in total. The van der Waals surface area contributed by atoms with Crippen LogP contribution in [0.5, 0.6) is 0 Å². The van der Waals surface area contributed by atoms with Gasteiger partial charge in [0.15, 0.2) is 0 Å². The Morgan fingerprint density at radius 1 is 0.971 bits per heavy atom. The fraction of sp³-hybridized carbons (Fsp3) is 0.464. The first-order valence-electron chi connectivity index (χ1n) is 12.6. The Kier molecular flexibility index (Phi) is 7.73. The van der Waals surface area contributed by atoms with E-state index in [1.165, 1.54) is 0 Å². The normalized spacial score (nSPS) is 17.4. The molecule has 0 bridgehead atoms. The molecule has 2 aromatic rings. The first-order chi connectivity index (χ1) is 16.9. The molecule has 0 heterocycles. The van der Waals surface area contributed by atoms with Crippen molar-refractivity contribution in [2.24, 2.45) is 5.92 Å². The SMILES string of the molecule is CCC(CNC(=O)OCC1c2ccccc2-c2ccccc21)C(=O)NC1(C(=O)O)CCCCCC1. The van der Waals surface area contributed by atoms with E-state index in [0.29, 0.717) is 19.3 Å². The molecular formula is C28H34N2O5. The van der Waals surface area contributed by atoms with E-state index in [4.69, 9.17) is 4.74 Å². The topological polar surface area (TPSA) is 105 Å². The molecule has 0 saturated heterocycles. The van der Waals surface area contributed by atoms with E-state index < -0.39 is 23.5 Å². The number of ether oxygens (including phenoxy) is 1. The second kappa shape index (κ2) is 10.9. The quantitative estimate of drug-likeness (QED) is 0.471. The summed E-state index contributed by atoms with van der Waals surface area (Å²) in [7, 11) is 0. The molecule has 2 aliphatic rings. The van der Waals surface area contributed by atoms with Crippen LogP contribution in [0.15, 0.2) is 48.5 Å². The fourth-order valence-corrected chi connectivity index (χ4v) is 5.34. The number of hydrogen-bond acceptors (Lipinski definition) is 4. The maximum atomic E-state index is 13.0. The molecule has 1 unspecified atom stereocenters. The summed E-state index contributed by atoms with van der Waals surface area (Å²) in [6.45, 7) is 2.14. The Balaban J connectivity index is 1.33. The van der Waals surface area contributed by atoms with Gasteiger partial charge in [0, 0.05) is 12.5 Å². The third-order valence-corrected chi connectivity index (χ3v) is 7.43. The molecule has 0 spiro atoms. The van der Waals surface area contributed by atoms with Gasteiger partial charge in [-0.15, -0.1) is 0 Å². The largest absolute Gasteiger partial charge is 0.480 e. The first-order valence-corrected chi connectivity index (χ1v) is 12.6. The van der Waals surface area contributed by atoms with Crippen LogP contribution in [0.3, 0.4) is 0 Å². The lowest BCUT2D eigenvalue weighted by Gasteiger charge is -2.31. The van der Waals surface area contributed by atoms with E-state index in [1.54, 1.807) is 0 Å². The summed E-state index contributed by atoms with van der Waals surface area (Å²) in [5.41, 5.74) is 3.37. The van der Waals surface area contributed by atoms with Crippen LogP contribution in [-0.4, -0.2) is 41.8 Å².